The lowest BCUT2D eigenvalue weighted by atomic mass is 10.1. The van der Waals surface area contributed by atoms with Crippen molar-refractivity contribution in [1.82, 2.24) is 4.98 Å². The molecule has 0 amide bonds. The molecule has 5 heteroatoms. The maximum atomic E-state index is 12.8. The van der Waals surface area contributed by atoms with Gasteiger partial charge in [0.2, 0.25) is 12.3 Å². The quantitative estimate of drug-likeness (QED) is 0.788. The smallest absolute Gasteiger partial charge is 0.222 e. The van der Waals surface area contributed by atoms with Crippen LogP contribution in [0.15, 0.2) is 36.5 Å². The van der Waals surface area contributed by atoms with Crippen LogP contribution in [0.3, 0.4) is 0 Å². The molecular weight excluding hydrogens is 289 g/mol. The van der Waals surface area contributed by atoms with Crippen molar-refractivity contribution in [3.63, 3.8) is 0 Å². The van der Waals surface area contributed by atoms with Crippen molar-refractivity contribution in [2.45, 2.75) is 19.8 Å². The molecule has 1 aromatic carbocycles. The first-order chi connectivity index (χ1) is 10.1. The summed E-state index contributed by atoms with van der Waals surface area (Å²) < 4.78 is 26.8. The summed E-state index contributed by atoms with van der Waals surface area (Å²) in [5.41, 5.74) is 2.52. The van der Waals surface area contributed by atoms with Crippen molar-refractivity contribution in [3.8, 4) is 5.75 Å². The minimum atomic E-state index is -0.259. The molecule has 0 atom stereocenters. The van der Waals surface area contributed by atoms with E-state index in [2.05, 4.69) is 4.98 Å². The Balaban J connectivity index is 2.23. The van der Waals surface area contributed by atoms with E-state index in [1.54, 1.807) is 18.3 Å². The summed E-state index contributed by atoms with van der Waals surface area (Å²) in [4.78, 5) is 4.36. The van der Waals surface area contributed by atoms with Crippen molar-refractivity contribution in [3.05, 3.63) is 59.2 Å². The molecule has 0 aliphatic heterocycles. The molecule has 0 radical (unpaired) electrons. The molecule has 1 aromatic heterocycles. The summed E-state index contributed by atoms with van der Waals surface area (Å²) in [6, 6.07) is 8.03. The molecule has 1 heterocycles. The molecule has 3 nitrogen and oxygen atoms in total. The highest BCUT2D eigenvalue weighted by Crippen LogP contribution is 2.27. The van der Waals surface area contributed by atoms with E-state index in [4.69, 9.17) is 8.74 Å². The van der Waals surface area contributed by atoms with Crippen LogP contribution in [0.5, 0.6) is 5.75 Å². The minimum absolute atomic E-state index is 0.197. The highest BCUT2D eigenvalue weighted by atomic mass is 32.2. The zero-order chi connectivity index (χ0) is 15.2. The Hall–Kier alpha value is -1.85. The summed E-state index contributed by atoms with van der Waals surface area (Å²) in [5.74, 6) is 0.479. The third kappa shape index (κ3) is 4.31. The lowest BCUT2D eigenvalue weighted by Gasteiger charge is -2.10. The van der Waals surface area contributed by atoms with Gasteiger partial charge in [-0.15, -0.1) is 0 Å². The number of halogens is 1. The Morgan fingerprint density at radius 1 is 1.19 bits per heavy atom. The Labute approximate surface area is 127 Å². The third-order valence-corrected chi connectivity index (χ3v) is 3.17. The van der Waals surface area contributed by atoms with Crippen molar-refractivity contribution in [2.24, 2.45) is 0 Å². The fourth-order valence-electron chi connectivity index (χ4n) is 1.87. The van der Waals surface area contributed by atoms with E-state index in [1.807, 2.05) is 32.1 Å². The Bertz CT molecular complexity index is 627. The number of benzene rings is 1. The first-order valence-corrected chi connectivity index (χ1v) is 7.21. The monoisotopic (exact) mass is 305 g/mol. The molecule has 21 heavy (non-hydrogen) atoms. The SMILES string of the molecule is CC(C)c1ncc(/C=C/c2ccc(F)cc2)cc1OSO. The zero-order valence-corrected chi connectivity index (χ0v) is 12.6. The van der Waals surface area contributed by atoms with Gasteiger partial charge >= 0.3 is 0 Å². The van der Waals surface area contributed by atoms with Crippen molar-refractivity contribution < 1.29 is 13.1 Å². The molecule has 0 aliphatic carbocycles. The topological polar surface area (TPSA) is 42.4 Å². The number of pyridine rings is 1. The predicted molar refractivity (Wildman–Crippen MR) is 84.5 cm³/mol. The Kier molecular flexibility index (Phi) is 5.36. The maximum absolute atomic E-state index is 12.8. The lowest BCUT2D eigenvalue weighted by molar-refractivity contribution is 0.529. The van der Waals surface area contributed by atoms with E-state index in [-0.39, 0.29) is 11.7 Å². The first kappa shape index (κ1) is 15.5. The van der Waals surface area contributed by atoms with Crippen LogP contribution in [-0.2, 0) is 0 Å². The summed E-state index contributed by atoms with van der Waals surface area (Å²) in [7, 11) is 0. The van der Waals surface area contributed by atoms with Gasteiger partial charge in [0.15, 0.2) is 5.75 Å². The molecule has 0 spiro atoms. The van der Waals surface area contributed by atoms with Crippen molar-refractivity contribution >= 4 is 24.5 Å². The summed E-state index contributed by atoms with van der Waals surface area (Å²) in [5, 5.41) is 0. The van der Waals surface area contributed by atoms with E-state index >= 15 is 0 Å². The predicted octanol–water partition coefficient (Wildman–Crippen LogP) is 5.01. The van der Waals surface area contributed by atoms with Crippen LogP contribution in [0.2, 0.25) is 0 Å². The summed E-state index contributed by atoms with van der Waals surface area (Å²) in [6.07, 6.45) is 5.46. The van der Waals surface area contributed by atoms with Crippen LogP contribution in [0.4, 0.5) is 4.39 Å². The average Bonchev–Trinajstić information content (AvgIpc) is 2.47. The van der Waals surface area contributed by atoms with Crippen molar-refractivity contribution in [1.29, 1.82) is 0 Å². The van der Waals surface area contributed by atoms with Gasteiger partial charge in [0, 0.05) is 6.20 Å². The van der Waals surface area contributed by atoms with E-state index in [9.17, 15) is 4.39 Å². The molecule has 0 saturated heterocycles. The van der Waals surface area contributed by atoms with Crippen LogP contribution in [0, 0.1) is 5.82 Å². The van der Waals surface area contributed by atoms with E-state index < -0.39 is 0 Å². The summed E-state index contributed by atoms with van der Waals surface area (Å²) >= 11 is 0.305. The molecule has 2 aromatic rings. The second kappa shape index (κ2) is 7.24. The van der Waals surface area contributed by atoms with Gasteiger partial charge in [-0.3, -0.25) is 9.54 Å². The highest BCUT2D eigenvalue weighted by Gasteiger charge is 2.10. The molecule has 0 saturated carbocycles. The molecule has 0 aliphatic rings. The number of rotatable bonds is 5. The molecule has 110 valence electrons. The normalized spacial score (nSPS) is 11.3. The Morgan fingerprint density at radius 2 is 1.86 bits per heavy atom. The van der Waals surface area contributed by atoms with E-state index in [0.29, 0.717) is 18.1 Å². The van der Waals surface area contributed by atoms with Crippen LogP contribution < -0.4 is 4.18 Å². The standard InChI is InChI=1S/C16H16FNO2S/c1-11(2)16-15(20-21-19)9-13(10-18-16)4-3-12-5-7-14(17)8-6-12/h3-11,19H,1-2H3/b4-3+. The van der Waals surface area contributed by atoms with Gasteiger partial charge in [-0.25, -0.2) is 4.39 Å². The number of nitrogens with zero attached hydrogens (tertiary/aromatic N) is 1. The number of hydrogen-bond acceptors (Lipinski definition) is 4. The van der Waals surface area contributed by atoms with Crippen LogP contribution >= 0.6 is 12.3 Å². The number of aromatic nitrogens is 1. The fraction of sp³-hybridized carbons (Fsp3) is 0.188. The minimum Gasteiger partial charge on any atom is -0.399 e. The Morgan fingerprint density at radius 3 is 2.48 bits per heavy atom. The van der Waals surface area contributed by atoms with Gasteiger partial charge < -0.3 is 4.18 Å². The second-order valence-corrected chi connectivity index (χ2v) is 5.17. The second-order valence-electron chi connectivity index (χ2n) is 4.85. The van der Waals surface area contributed by atoms with Gasteiger partial charge in [0.1, 0.15) is 5.82 Å². The highest BCUT2D eigenvalue weighted by molar-refractivity contribution is 7.89. The number of hydrogen-bond donors (Lipinski definition) is 1. The fourth-order valence-corrected chi connectivity index (χ4v) is 2.08. The van der Waals surface area contributed by atoms with Gasteiger partial charge in [0.25, 0.3) is 0 Å². The van der Waals surface area contributed by atoms with Gasteiger partial charge in [0.05, 0.1) is 5.69 Å². The third-order valence-electron chi connectivity index (χ3n) is 2.92. The average molecular weight is 305 g/mol. The van der Waals surface area contributed by atoms with E-state index in [0.717, 1.165) is 16.8 Å². The zero-order valence-electron chi connectivity index (χ0n) is 11.8. The van der Waals surface area contributed by atoms with Crippen LogP contribution in [-0.4, -0.2) is 9.54 Å². The van der Waals surface area contributed by atoms with Gasteiger partial charge in [-0.2, -0.15) is 0 Å². The van der Waals surface area contributed by atoms with Gasteiger partial charge in [-0.05, 0) is 35.2 Å². The molecule has 1 N–H and O–H groups in total. The molecule has 0 fully saturated rings. The molecule has 0 unspecified atom stereocenters. The molecular formula is C16H16FNO2S. The van der Waals surface area contributed by atoms with Crippen molar-refractivity contribution in [2.75, 3.05) is 0 Å². The van der Waals surface area contributed by atoms with Crippen LogP contribution in [0.25, 0.3) is 12.2 Å². The molecule has 2 rings (SSSR count). The van der Waals surface area contributed by atoms with E-state index in [1.165, 1.54) is 12.1 Å². The molecule has 0 bridgehead atoms. The maximum Gasteiger partial charge on any atom is 0.222 e. The van der Waals surface area contributed by atoms with Gasteiger partial charge in [-0.1, -0.05) is 38.1 Å². The summed E-state index contributed by atoms with van der Waals surface area (Å²) in [6.45, 7) is 4.01. The van der Waals surface area contributed by atoms with Crippen LogP contribution in [0.1, 0.15) is 36.6 Å². The first-order valence-electron chi connectivity index (χ1n) is 6.52. The lowest BCUT2D eigenvalue weighted by Crippen LogP contribution is -1.97. The largest absolute Gasteiger partial charge is 0.399 e.